The predicted octanol–water partition coefficient (Wildman–Crippen LogP) is 6.67. The number of benzene rings is 4. The van der Waals surface area contributed by atoms with Gasteiger partial charge >= 0.3 is 23.9 Å². The van der Waals surface area contributed by atoms with E-state index in [-0.39, 0.29) is 40.0 Å². The molecule has 4 aromatic rings. The zero-order valence-corrected chi connectivity index (χ0v) is 25.3. The highest BCUT2D eigenvalue weighted by Crippen LogP contribution is 2.47. The van der Waals surface area contributed by atoms with E-state index in [0.717, 1.165) is 46.5 Å². The molecule has 5 rings (SSSR count). The Morgan fingerprint density at radius 2 is 1.06 bits per heavy atom. The van der Waals surface area contributed by atoms with Crippen molar-refractivity contribution in [2.24, 2.45) is 0 Å². The van der Waals surface area contributed by atoms with Gasteiger partial charge in [-0.1, -0.05) is 32.2 Å². The lowest BCUT2D eigenvalue weighted by molar-refractivity contribution is -0.145. The Morgan fingerprint density at radius 3 is 1.44 bits per heavy atom. The van der Waals surface area contributed by atoms with E-state index in [2.05, 4.69) is 22.6 Å². The third-order valence-electron chi connectivity index (χ3n) is 7.19. The van der Waals surface area contributed by atoms with E-state index in [1.165, 1.54) is 24.3 Å². The van der Waals surface area contributed by atoms with Gasteiger partial charge in [-0.25, -0.2) is 28.0 Å². The monoisotopic (exact) mass is 656 g/mol. The van der Waals surface area contributed by atoms with Crippen LogP contribution in [-0.2, 0) is 19.1 Å². The summed E-state index contributed by atoms with van der Waals surface area (Å²) in [4.78, 5) is 47.8. The minimum absolute atomic E-state index is 0.0673. The van der Waals surface area contributed by atoms with Gasteiger partial charge in [-0.15, -0.1) is 0 Å². The van der Waals surface area contributed by atoms with Gasteiger partial charge in [0.25, 0.3) is 0 Å². The molecule has 1 aliphatic carbocycles. The predicted molar refractivity (Wildman–Crippen MR) is 166 cm³/mol. The highest BCUT2D eigenvalue weighted by Gasteiger charge is 2.27. The summed E-state index contributed by atoms with van der Waals surface area (Å²) < 4.78 is 59.4. The maximum Gasteiger partial charge on any atom is 0.343 e. The van der Waals surface area contributed by atoms with Crippen LogP contribution >= 0.6 is 0 Å². The number of fused-ring (bicyclic) bond motifs is 3. The summed E-state index contributed by atoms with van der Waals surface area (Å²) in [6.45, 7) is 7.36. The summed E-state index contributed by atoms with van der Waals surface area (Å²) in [5.41, 5.74) is 3.33. The van der Waals surface area contributed by atoms with Crippen molar-refractivity contribution in [3.05, 3.63) is 132 Å². The van der Waals surface area contributed by atoms with Crippen molar-refractivity contribution >= 4 is 23.9 Å². The van der Waals surface area contributed by atoms with Gasteiger partial charge in [-0.3, -0.25) is 0 Å². The fourth-order valence-corrected chi connectivity index (χ4v) is 4.82. The number of halogens is 2. The molecule has 0 saturated heterocycles. The second-order valence-electron chi connectivity index (χ2n) is 10.1. The summed E-state index contributed by atoms with van der Waals surface area (Å²) in [6, 6.07) is 17.2. The third kappa shape index (κ3) is 7.39. The van der Waals surface area contributed by atoms with Crippen LogP contribution in [0.5, 0.6) is 23.0 Å². The van der Waals surface area contributed by atoms with E-state index in [1.54, 1.807) is 36.4 Å². The van der Waals surface area contributed by atoms with E-state index in [9.17, 15) is 28.0 Å². The number of rotatable bonds is 12. The number of esters is 4. The minimum Gasteiger partial charge on any atom is -0.454 e. The molecule has 0 heterocycles. The van der Waals surface area contributed by atoms with Crippen LogP contribution in [0.25, 0.3) is 11.1 Å². The first kappa shape index (κ1) is 33.1. The Hall–Kier alpha value is -6.30. The van der Waals surface area contributed by atoms with E-state index in [4.69, 9.17) is 18.9 Å². The normalized spacial score (nSPS) is 11.4. The molecule has 0 amide bonds. The standard InChI is InChI=1S/C36H26F2O10/c1-4-33(39)45-18-43-31-12-6-21(14-29(31)37)35(41)47-23-8-10-25-26-11-9-24(17-28(26)20(3)27(25)16-23)48-36(42)22-7-13-32(30(38)15-22)44-19-46-34(40)5-2/h4-17,20H,1-2,18-19H2,3H3. The lowest BCUT2D eigenvalue weighted by Crippen LogP contribution is -2.11. The molecule has 0 aromatic heterocycles. The Balaban J connectivity index is 1.22. The van der Waals surface area contributed by atoms with Crippen LogP contribution in [-0.4, -0.2) is 37.5 Å². The third-order valence-corrected chi connectivity index (χ3v) is 7.19. The van der Waals surface area contributed by atoms with Crippen LogP contribution in [0.15, 0.2) is 98.1 Å². The van der Waals surface area contributed by atoms with Gasteiger partial charge < -0.3 is 28.4 Å². The second-order valence-corrected chi connectivity index (χ2v) is 10.1. The Bertz CT molecular complexity index is 1810. The fourth-order valence-electron chi connectivity index (χ4n) is 4.82. The van der Waals surface area contributed by atoms with Gasteiger partial charge in [0.1, 0.15) is 11.5 Å². The quantitative estimate of drug-likeness (QED) is 0.0707. The summed E-state index contributed by atoms with van der Waals surface area (Å²) in [5, 5.41) is 0. The van der Waals surface area contributed by atoms with Gasteiger partial charge in [0.2, 0.25) is 13.6 Å². The Morgan fingerprint density at radius 1 is 0.646 bits per heavy atom. The molecule has 0 aliphatic heterocycles. The zero-order chi connectivity index (χ0) is 34.4. The van der Waals surface area contributed by atoms with Crippen molar-refractivity contribution < 1.29 is 56.4 Å². The zero-order valence-electron chi connectivity index (χ0n) is 25.3. The molecule has 0 N–H and O–H groups in total. The van der Waals surface area contributed by atoms with Crippen LogP contribution in [0.3, 0.4) is 0 Å². The molecule has 10 nitrogen and oxygen atoms in total. The highest BCUT2D eigenvalue weighted by atomic mass is 19.1. The van der Waals surface area contributed by atoms with Crippen molar-refractivity contribution in [2.45, 2.75) is 12.8 Å². The first-order valence-electron chi connectivity index (χ1n) is 14.2. The highest BCUT2D eigenvalue weighted by molar-refractivity contribution is 5.92. The molecule has 0 saturated carbocycles. The summed E-state index contributed by atoms with van der Waals surface area (Å²) in [5.74, 6) is -4.94. The van der Waals surface area contributed by atoms with E-state index >= 15 is 0 Å². The Kier molecular flexibility index (Phi) is 9.94. The van der Waals surface area contributed by atoms with Crippen molar-refractivity contribution in [3.63, 3.8) is 0 Å². The van der Waals surface area contributed by atoms with Crippen molar-refractivity contribution in [3.8, 4) is 34.1 Å². The Labute approximate surface area is 272 Å². The number of hydrogen-bond donors (Lipinski definition) is 0. The molecular formula is C36H26F2O10. The summed E-state index contributed by atoms with van der Waals surface area (Å²) in [7, 11) is 0. The van der Waals surface area contributed by atoms with E-state index < -0.39 is 49.1 Å². The molecule has 0 radical (unpaired) electrons. The fraction of sp³-hybridized carbons (Fsp3) is 0.111. The average molecular weight is 657 g/mol. The number of carbonyl (C=O) groups excluding carboxylic acids is 4. The molecule has 0 atom stereocenters. The largest absolute Gasteiger partial charge is 0.454 e. The number of carbonyl (C=O) groups is 4. The van der Waals surface area contributed by atoms with Crippen molar-refractivity contribution in [2.75, 3.05) is 13.6 Å². The average Bonchev–Trinajstić information content (AvgIpc) is 3.35. The smallest absolute Gasteiger partial charge is 0.343 e. The van der Waals surface area contributed by atoms with Crippen LogP contribution in [0.2, 0.25) is 0 Å². The summed E-state index contributed by atoms with van der Waals surface area (Å²) >= 11 is 0. The van der Waals surface area contributed by atoms with Crippen LogP contribution in [0, 0.1) is 11.6 Å². The second kappa shape index (κ2) is 14.4. The molecule has 12 heteroatoms. The van der Waals surface area contributed by atoms with Crippen LogP contribution < -0.4 is 18.9 Å². The molecule has 48 heavy (non-hydrogen) atoms. The minimum atomic E-state index is -0.853. The molecule has 244 valence electrons. The van der Waals surface area contributed by atoms with E-state index in [1.807, 2.05) is 6.92 Å². The van der Waals surface area contributed by atoms with Gasteiger partial charge in [-0.2, -0.15) is 0 Å². The first-order chi connectivity index (χ1) is 23.1. The topological polar surface area (TPSA) is 124 Å². The lowest BCUT2D eigenvalue weighted by Gasteiger charge is -2.11. The molecule has 0 bridgehead atoms. The lowest BCUT2D eigenvalue weighted by atomic mass is 9.99. The van der Waals surface area contributed by atoms with Gasteiger partial charge in [0.05, 0.1) is 11.1 Å². The molecule has 0 unspecified atom stereocenters. The first-order valence-corrected chi connectivity index (χ1v) is 14.2. The van der Waals surface area contributed by atoms with Gasteiger partial charge in [0.15, 0.2) is 23.1 Å². The molecule has 0 fully saturated rings. The maximum atomic E-state index is 14.5. The van der Waals surface area contributed by atoms with Crippen molar-refractivity contribution in [1.29, 1.82) is 0 Å². The van der Waals surface area contributed by atoms with Gasteiger partial charge in [-0.05, 0) is 82.9 Å². The number of ether oxygens (including phenoxy) is 6. The van der Waals surface area contributed by atoms with E-state index in [0.29, 0.717) is 0 Å². The number of hydrogen-bond acceptors (Lipinski definition) is 10. The molecule has 4 aromatic carbocycles. The molecular weight excluding hydrogens is 630 g/mol. The molecule has 1 aliphatic rings. The summed E-state index contributed by atoms with van der Waals surface area (Å²) in [6.07, 6.45) is 1.87. The van der Waals surface area contributed by atoms with Crippen molar-refractivity contribution in [1.82, 2.24) is 0 Å². The SMILES string of the molecule is C=CC(=O)OCOc1ccc(C(=O)Oc2ccc3c(c2)C(C)c2cc(OC(=O)c4ccc(OCOC(=O)C=C)c(F)c4)ccc2-3)cc1F. The van der Waals surface area contributed by atoms with Crippen LogP contribution in [0.1, 0.15) is 44.7 Å². The maximum absolute atomic E-state index is 14.5. The molecule has 0 spiro atoms. The van der Waals surface area contributed by atoms with Crippen LogP contribution in [0.4, 0.5) is 8.78 Å². The van der Waals surface area contributed by atoms with Gasteiger partial charge in [0, 0.05) is 18.1 Å².